The summed E-state index contributed by atoms with van der Waals surface area (Å²) in [7, 11) is 0. The van der Waals surface area contributed by atoms with Crippen molar-refractivity contribution >= 4 is 17.8 Å². The van der Waals surface area contributed by atoms with Crippen LogP contribution in [0.2, 0.25) is 0 Å². The van der Waals surface area contributed by atoms with E-state index in [1.807, 2.05) is 13.8 Å². The lowest BCUT2D eigenvalue weighted by atomic mass is 10.2. The molecule has 0 bridgehead atoms. The van der Waals surface area contributed by atoms with Gasteiger partial charge in [-0.3, -0.25) is 9.59 Å². The first-order chi connectivity index (χ1) is 7.42. The molecule has 0 atom stereocenters. The summed E-state index contributed by atoms with van der Waals surface area (Å²) >= 11 is 0. The molecule has 0 aromatic carbocycles. The van der Waals surface area contributed by atoms with Crippen molar-refractivity contribution in [1.29, 1.82) is 0 Å². The highest BCUT2D eigenvalue weighted by molar-refractivity contribution is 6.05. The van der Waals surface area contributed by atoms with Crippen LogP contribution in [0.25, 0.3) is 0 Å². The average Bonchev–Trinajstić information content (AvgIpc) is 2.21. The van der Waals surface area contributed by atoms with Gasteiger partial charge in [-0.25, -0.2) is 4.79 Å². The van der Waals surface area contributed by atoms with E-state index in [0.29, 0.717) is 0 Å². The second-order valence-electron chi connectivity index (χ2n) is 3.37. The summed E-state index contributed by atoms with van der Waals surface area (Å²) in [4.78, 5) is 32.9. The van der Waals surface area contributed by atoms with E-state index in [9.17, 15) is 14.4 Å². The molecule has 16 heavy (non-hydrogen) atoms. The van der Waals surface area contributed by atoms with E-state index in [0.717, 1.165) is 12.8 Å². The van der Waals surface area contributed by atoms with Crippen molar-refractivity contribution in [3.8, 4) is 0 Å². The molecule has 0 unspecified atom stereocenters. The Labute approximate surface area is 93.9 Å². The molecule has 7 nitrogen and oxygen atoms in total. The molecular weight excluding hydrogens is 212 g/mol. The largest absolute Gasteiger partial charge is 0.367 e. The number of urea groups is 1. The minimum atomic E-state index is -1.48. The number of primary amides is 2. The molecule has 0 radical (unpaired) electrons. The maximum atomic E-state index is 11.4. The Kier molecular flexibility index (Phi) is 5.91. The third kappa shape index (κ3) is 4.63. The SMILES string of the molecule is CCC(CC)NC(=O)NC(C(N)=O)C(N)=O. The van der Waals surface area contributed by atoms with Gasteiger partial charge in [-0.05, 0) is 12.8 Å². The number of nitrogens with one attached hydrogen (secondary N) is 2. The minimum absolute atomic E-state index is 0.0126. The maximum absolute atomic E-state index is 11.4. The summed E-state index contributed by atoms with van der Waals surface area (Å²) in [6, 6.07) is -2.12. The van der Waals surface area contributed by atoms with Crippen LogP contribution in [0.5, 0.6) is 0 Å². The first-order valence-electron chi connectivity index (χ1n) is 5.08. The van der Waals surface area contributed by atoms with Crippen molar-refractivity contribution in [2.45, 2.75) is 38.8 Å². The zero-order valence-electron chi connectivity index (χ0n) is 9.45. The second-order valence-corrected chi connectivity index (χ2v) is 3.37. The summed E-state index contributed by atoms with van der Waals surface area (Å²) in [5.41, 5.74) is 9.80. The van der Waals surface area contributed by atoms with Crippen molar-refractivity contribution in [1.82, 2.24) is 10.6 Å². The number of amides is 4. The zero-order chi connectivity index (χ0) is 12.7. The highest BCUT2D eigenvalue weighted by atomic mass is 16.2. The third-order valence-corrected chi connectivity index (χ3v) is 2.17. The highest BCUT2D eigenvalue weighted by Crippen LogP contribution is 1.95. The molecule has 0 rings (SSSR count). The molecule has 4 amide bonds. The molecule has 6 N–H and O–H groups in total. The Morgan fingerprint density at radius 1 is 1.00 bits per heavy atom. The van der Waals surface area contributed by atoms with E-state index >= 15 is 0 Å². The monoisotopic (exact) mass is 230 g/mol. The topological polar surface area (TPSA) is 127 Å². The molecule has 0 fully saturated rings. The van der Waals surface area contributed by atoms with E-state index in [2.05, 4.69) is 10.6 Å². The van der Waals surface area contributed by atoms with Crippen LogP contribution >= 0.6 is 0 Å². The van der Waals surface area contributed by atoms with Crippen LogP contribution in [0.15, 0.2) is 0 Å². The molecule has 0 saturated heterocycles. The van der Waals surface area contributed by atoms with Crippen LogP contribution in [0.1, 0.15) is 26.7 Å². The molecule has 0 aromatic rings. The summed E-state index contributed by atoms with van der Waals surface area (Å²) in [6.45, 7) is 3.82. The Balaban J connectivity index is 4.30. The van der Waals surface area contributed by atoms with Crippen LogP contribution in [-0.2, 0) is 9.59 Å². The molecule has 0 saturated carbocycles. The van der Waals surface area contributed by atoms with Gasteiger partial charge in [-0.1, -0.05) is 13.8 Å². The predicted molar refractivity (Wildman–Crippen MR) is 58.2 cm³/mol. The van der Waals surface area contributed by atoms with Gasteiger partial charge in [-0.15, -0.1) is 0 Å². The van der Waals surface area contributed by atoms with Crippen molar-refractivity contribution in [3.05, 3.63) is 0 Å². The number of hydrogen-bond acceptors (Lipinski definition) is 3. The van der Waals surface area contributed by atoms with E-state index in [1.54, 1.807) is 0 Å². The molecular formula is C9H18N4O3. The molecule has 92 valence electrons. The van der Waals surface area contributed by atoms with Gasteiger partial charge < -0.3 is 22.1 Å². The van der Waals surface area contributed by atoms with Crippen molar-refractivity contribution in [3.63, 3.8) is 0 Å². The van der Waals surface area contributed by atoms with Crippen LogP contribution in [0, 0.1) is 0 Å². The predicted octanol–water partition coefficient (Wildman–Crippen LogP) is -1.19. The van der Waals surface area contributed by atoms with Gasteiger partial charge in [0.1, 0.15) is 0 Å². The average molecular weight is 230 g/mol. The standard InChI is InChI=1S/C9H18N4O3/c1-3-5(4-2)12-9(16)13-6(7(10)14)8(11)15/h5-6H,3-4H2,1-2H3,(H2,10,14)(H2,11,15)(H2,12,13,16). The van der Waals surface area contributed by atoms with E-state index < -0.39 is 23.9 Å². The van der Waals surface area contributed by atoms with E-state index in [1.165, 1.54) is 0 Å². The quantitative estimate of drug-likeness (QED) is 0.428. The molecule has 0 aliphatic heterocycles. The van der Waals surface area contributed by atoms with Gasteiger partial charge in [0.2, 0.25) is 11.8 Å². The third-order valence-electron chi connectivity index (χ3n) is 2.17. The maximum Gasteiger partial charge on any atom is 0.316 e. The van der Waals surface area contributed by atoms with Gasteiger partial charge in [-0.2, -0.15) is 0 Å². The van der Waals surface area contributed by atoms with Gasteiger partial charge in [0.15, 0.2) is 6.04 Å². The van der Waals surface area contributed by atoms with Crippen molar-refractivity contribution in [2.24, 2.45) is 11.5 Å². The summed E-state index contributed by atoms with van der Waals surface area (Å²) in [5, 5.41) is 4.71. The fraction of sp³-hybridized carbons (Fsp3) is 0.667. The normalized spacial score (nSPS) is 10.2. The van der Waals surface area contributed by atoms with Gasteiger partial charge in [0.05, 0.1) is 0 Å². The zero-order valence-corrected chi connectivity index (χ0v) is 9.45. The van der Waals surface area contributed by atoms with Crippen LogP contribution in [0.3, 0.4) is 0 Å². The van der Waals surface area contributed by atoms with Crippen LogP contribution in [0.4, 0.5) is 4.79 Å². The molecule has 0 spiro atoms. The number of nitrogens with two attached hydrogens (primary N) is 2. The number of rotatable bonds is 6. The lowest BCUT2D eigenvalue weighted by Crippen LogP contribution is -2.56. The first-order valence-corrected chi connectivity index (χ1v) is 5.08. The number of carbonyl (C=O) groups excluding carboxylic acids is 3. The fourth-order valence-corrected chi connectivity index (χ4v) is 1.13. The van der Waals surface area contributed by atoms with Gasteiger partial charge in [0, 0.05) is 6.04 Å². The number of hydrogen-bond donors (Lipinski definition) is 4. The van der Waals surface area contributed by atoms with Gasteiger partial charge in [0.25, 0.3) is 0 Å². The Bertz CT molecular complexity index is 262. The molecule has 7 heteroatoms. The lowest BCUT2D eigenvalue weighted by Gasteiger charge is -2.17. The highest BCUT2D eigenvalue weighted by Gasteiger charge is 2.24. The Hall–Kier alpha value is -1.79. The Morgan fingerprint density at radius 2 is 1.44 bits per heavy atom. The van der Waals surface area contributed by atoms with Crippen molar-refractivity contribution in [2.75, 3.05) is 0 Å². The number of carbonyl (C=O) groups is 3. The molecule has 0 heterocycles. The fourth-order valence-electron chi connectivity index (χ4n) is 1.13. The second kappa shape index (κ2) is 6.65. The van der Waals surface area contributed by atoms with Crippen molar-refractivity contribution < 1.29 is 14.4 Å². The van der Waals surface area contributed by atoms with Crippen LogP contribution < -0.4 is 22.1 Å². The lowest BCUT2D eigenvalue weighted by molar-refractivity contribution is -0.128. The van der Waals surface area contributed by atoms with E-state index in [-0.39, 0.29) is 6.04 Å². The molecule has 0 aliphatic rings. The summed E-state index contributed by atoms with van der Waals surface area (Å²) in [5.74, 6) is -1.96. The van der Waals surface area contributed by atoms with Gasteiger partial charge >= 0.3 is 6.03 Å². The Morgan fingerprint density at radius 3 is 1.75 bits per heavy atom. The summed E-state index contributed by atoms with van der Waals surface area (Å²) in [6.07, 6.45) is 1.50. The van der Waals surface area contributed by atoms with E-state index in [4.69, 9.17) is 11.5 Å². The summed E-state index contributed by atoms with van der Waals surface area (Å²) < 4.78 is 0. The minimum Gasteiger partial charge on any atom is -0.367 e. The molecule has 0 aliphatic carbocycles. The molecule has 0 aromatic heterocycles. The smallest absolute Gasteiger partial charge is 0.316 e. The first kappa shape index (κ1) is 14.2. The van der Waals surface area contributed by atoms with Crippen LogP contribution in [-0.4, -0.2) is 29.9 Å².